The van der Waals surface area contributed by atoms with E-state index in [4.69, 9.17) is 9.47 Å². The van der Waals surface area contributed by atoms with Crippen LogP contribution in [0.5, 0.6) is 11.5 Å². The summed E-state index contributed by atoms with van der Waals surface area (Å²) in [4.78, 5) is 0.206. The Balaban J connectivity index is 2.22. The van der Waals surface area contributed by atoms with Crippen LogP contribution in [-0.2, 0) is 10.0 Å². The Hall–Kier alpha value is -1.27. The topological polar surface area (TPSA) is 64.6 Å². The Morgan fingerprint density at radius 1 is 1.10 bits per heavy atom. The van der Waals surface area contributed by atoms with E-state index in [0.29, 0.717) is 17.4 Å². The molecule has 1 aliphatic carbocycles. The van der Waals surface area contributed by atoms with Crippen LogP contribution in [0.15, 0.2) is 23.1 Å². The van der Waals surface area contributed by atoms with Crippen molar-refractivity contribution in [2.24, 2.45) is 5.92 Å². The predicted molar refractivity (Wildman–Crippen MR) is 81.3 cm³/mol. The summed E-state index contributed by atoms with van der Waals surface area (Å²) in [5.74, 6) is 1.30. The molecule has 2 rings (SSSR count). The summed E-state index contributed by atoms with van der Waals surface area (Å²) in [6, 6.07) is 4.65. The molecule has 0 heterocycles. The Kier molecular flexibility index (Phi) is 5.11. The molecule has 2 atom stereocenters. The van der Waals surface area contributed by atoms with Crippen LogP contribution in [0, 0.1) is 5.92 Å². The highest BCUT2D eigenvalue weighted by atomic mass is 32.2. The summed E-state index contributed by atoms with van der Waals surface area (Å²) in [6.07, 6.45) is 4.21. The first kappa shape index (κ1) is 16.1. The highest BCUT2D eigenvalue weighted by molar-refractivity contribution is 7.89. The maximum atomic E-state index is 12.5. The SMILES string of the molecule is COc1ccc(S(=O)(=O)NC2CCCCC2C)cc1OC. The van der Waals surface area contributed by atoms with Crippen LogP contribution in [0.4, 0.5) is 0 Å². The lowest BCUT2D eigenvalue weighted by Crippen LogP contribution is -2.40. The van der Waals surface area contributed by atoms with E-state index in [1.165, 1.54) is 32.8 Å². The lowest BCUT2D eigenvalue weighted by Gasteiger charge is -2.29. The van der Waals surface area contributed by atoms with E-state index >= 15 is 0 Å². The van der Waals surface area contributed by atoms with Crippen molar-refractivity contribution in [1.82, 2.24) is 4.72 Å². The summed E-state index contributed by atoms with van der Waals surface area (Å²) in [6.45, 7) is 2.10. The van der Waals surface area contributed by atoms with E-state index < -0.39 is 10.0 Å². The molecule has 0 spiro atoms. The van der Waals surface area contributed by atoms with Crippen molar-refractivity contribution in [2.45, 2.75) is 43.5 Å². The Bertz CT molecular complexity index is 585. The summed E-state index contributed by atoms with van der Waals surface area (Å²) in [5, 5.41) is 0. The molecule has 6 heteroatoms. The molecule has 118 valence electrons. The number of hydrogen-bond acceptors (Lipinski definition) is 4. The average molecular weight is 313 g/mol. The van der Waals surface area contributed by atoms with Gasteiger partial charge in [-0.3, -0.25) is 0 Å². The van der Waals surface area contributed by atoms with Gasteiger partial charge in [-0.05, 0) is 30.9 Å². The molecule has 0 bridgehead atoms. The molecule has 1 N–H and O–H groups in total. The quantitative estimate of drug-likeness (QED) is 0.907. The second-order valence-electron chi connectivity index (χ2n) is 5.51. The summed E-state index contributed by atoms with van der Waals surface area (Å²) < 4.78 is 38.1. The van der Waals surface area contributed by atoms with Crippen LogP contribution in [-0.4, -0.2) is 28.7 Å². The Morgan fingerprint density at radius 2 is 1.76 bits per heavy atom. The van der Waals surface area contributed by atoms with Crippen LogP contribution in [0.3, 0.4) is 0 Å². The molecule has 2 unspecified atom stereocenters. The van der Waals surface area contributed by atoms with E-state index in [0.717, 1.165) is 19.3 Å². The van der Waals surface area contributed by atoms with E-state index in [1.54, 1.807) is 6.07 Å². The fourth-order valence-electron chi connectivity index (χ4n) is 2.74. The number of sulfonamides is 1. The van der Waals surface area contributed by atoms with E-state index in [9.17, 15) is 8.42 Å². The zero-order valence-corrected chi connectivity index (χ0v) is 13.6. The molecule has 0 aromatic heterocycles. The predicted octanol–water partition coefficient (Wildman–Crippen LogP) is 2.56. The molecule has 1 fully saturated rings. The van der Waals surface area contributed by atoms with Gasteiger partial charge in [-0.25, -0.2) is 13.1 Å². The molecule has 0 amide bonds. The molecule has 0 saturated heterocycles. The molecule has 0 radical (unpaired) electrons. The molecule has 1 aliphatic rings. The highest BCUT2D eigenvalue weighted by Gasteiger charge is 2.27. The van der Waals surface area contributed by atoms with Crippen molar-refractivity contribution in [2.75, 3.05) is 14.2 Å². The second-order valence-corrected chi connectivity index (χ2v) is 7.22. The number of ether oxygens (including phenoxy) is 2. The molecule has 21 heavy (non-hydrogen) atoms. The lowest BCUT2D eigenvalue weighted by molar-refractivity contribution is 0.310. The van der Waals surface area contributed by atoms with Gasteiger partial charge in [-0.1, -0.05) is 19.8 Å². The number of nitrogens with one attached hydrogen (secondary N) is 1. The lowest BCUT2D eigenvalue weighted by atomic mass is 9.87. The van der Waals surface area contributed by atoms with E-state index in [2.05, 4.69) is 11.6 Å². The number of methoxy groups -OCH3 is 2. The van der Waals surface area contributed by atoms with Gasteiger partial charge < -0.3 is 9.47 Å². The van der Waals surface area contributed by atoms with Crippen LogP contribution in [0.1, 0.15) is 32.6 Å². The Morgan fingerprint density at radius 3 is 2.38 bits per heavy atom. The summed E-state index contributed by atoms with van der Waals surface area (Å²) in [7, 11) is -0.523. The molecule has 1 aromatic rings. The maximum absolute atomic E-state index is 12.5. The standard InChI is InChI=1S/C15H23NO4S/c1-11-6-4-5-7-13(11)16-21(17,18)12-8-9-14(19-2)15(10-12)20-3/h8-11,13,16H,4-7H2,1-3H3. The van der Waals surface area contributed by atoms with Gasteiger partial charge in [0.25, 0.3) is 0 Å². The molecule has 1 saturated carbocycles. The van der Waals surface area contributed by atoms with Crippen molar-refractivity contribution in [1.29, 1.82) is 0 Å². The third-order valence-electron chi connectivity index (χ3n) is 4.08. The van der Waals surface area contributed by atoms with Gasteiger partial charge >= 0.3 is 0 Å². The molecule has 5 nitrogen and oxygen atoms in total. The number of rotatable bonds is 5. The van der Waals surface area contributed by atoms with Crippen LogP contribution >= 0.6 is 0 Å². The zero-order valence-electron chi connectivity index (χ0n) is 12.8. The molecular formula is C15H23NO4S. The van der Waals surface area contributed by atoms with Crippen molar-refractivity contribution >= 4 is 10.0 Å². The van der Waals surface area contributed by atoms with Gasteiger partial charge in [-0.2, -0.15) is 0 Å². The third kappa shape index (κ3) is 3.68. The largest absolute Gasteiger partial charge is 0.493 e. The smallest absolute Gasteiger partial charge is 0.240 e. The third-order valence-corrected chi connectivity index (χ3v) is 5.57. The molecule has 0 aliphatic heterocycles. The minimum Gasteiger partial charge on any atom is -0.493 e. The van der Waals surface area contributed by atoms with Crippen molar-refractivity contribution < 1.29 is 17.9 Å². The fraction of sp³-hybridized carbons (Fsp3) is 0.600. The second kappa shape index (κ2) is 6.66. The minimum atomic E-state index is -3.54. The fourth-order valence-corrected chi connectivity index (χ4v) is 4.14. The van der Waals surface area contributed by atoms with Gasteiger partial charge in [-0.15, -0.1) is 0 Å². The number of benzene rings is 1. The maximum Gasteiger partial charge on any atom is 0.240 e. The first-order chi connectivity index (χ1) is 9.97. The number of hydrogen-bond donors (Lipinski definition) is 1. The zero-order chi connectivity index (χ0) is 15.5. The normalized spacial score (nSPS) is 22.8. The van der Waals surface area contributed by atoms with Gasteiger partial charge in [0.1, 0.15) is 0 Å². The van der Waals surface area contributed by atoms with Crippen molar-refractivity contribution in [3.05, 3.63) is 18.2 Å². The molecular weight excluding hydrogens is 290 g/mol. The summed E-state index contributed by atoms with van der Waals surface area (Å²) >= 11 is 0. The van der Waals surface area contributed by atoms with Gasteiger partial charge in [0, 0.05) is 12.1 Å². The van der Waals surface area contributed by atoms with Gasteiger partial charge in [0.05, 0.1) is 19.1 Å². The van der Waals surface area contributed by atoms with Gasteiger partial charge in [0.15, 0.2) is 11.5 Å². The Labute approximate surface area is 126 Å². The van der Waals surface area contributed by atoms with Crippen LogP contribution < -0.4 is 14.2 Å². The van der Waals surface area contributed by atoms with E-state index in [1.807, 2.05) is 0 Å². The van der Waals surface area contributed by atoms with Crippen molar-refractivity contribution in [3.63, 3.8) is 0 Å². The molecule has 1 aromatic carbocycles. The van der Waals surface area contributed by atoms with Crippen molar-refractivity contribution in [3.8, 4) is 11.5 Å². The highest BCUT2D eigenvalue weighted by Crippen LogP contribution is 2.30. The first-order valence-corrected chi connectivity index (χ1v) is 8.70. The monoisotopic (exact) mass is 313 g/mol. The average Bonchev–Trinajstić information content (AvgIpc) is 2.48. The van der Waals surface area contributed by atoms with E-state index in [-0.39, 0.29) is 10.9 Å². The van der Waals surface area contributed by atoms with Crippen LogP contribution in [0.25, 0.3) is 0 Å². The first-order valence-electron chi connectivity index (χ1n) is 7.22. The van der Waals surface area contributed by atoms with Crippen LogP contribution in [0.2, 0.25) is 0 Å². The minimum absolute atomic E-state index is 0.0110. The summed E-state index contributed by atoms with van der Waals surface area (Å²) in [5.41, 5.74) is 0. The van der Waals surface area contributed by atoms with Gasteiger partial charge in [0.2, 0.25) is 10.0 Å².